The molecule has 1 rings (SSSR count). The maximum absolute atomic E-state index is 11.9. The molecule has 1 aromatic carbocycles. The van der Waals surface area contributed by atoms with E-state index in [4.69, 9.17) is 5.73 Å². The molecule has 0 atom stereocenters. The van der Waals surface area contributed by atoms with Gasteiger partial charge in [0.05, 0.1) is 0 Å². The molecule has 136 valence electrons. The van der Waals surface area contributed by atoms with Crippen LogP contribution in [0.1, 0.15) is 89.5 Å². The Morgan fingerprint density at radius 1 is 0.917 bits per heavy atom. The normalized spacial score (nSPS) is 10.8. The molecule has 0 aliphatic rings. The highest BCUT2D eigenvalue weighted by Crippen LogP contribution is 2.17. The van der Waals surface area contributed by atoms with E-state index in [1.54, 1.807) is 0 Å². The van der Waals surface area contributed by atoms with Crippen molar-refractivity contribution in [2.24, 2.45) is 0 Å². The quantitative estimate of drug-likeness (QED) is 0.333. The van der Waals surface area contributed by atoms with Crippen molar-refractivity contribution in [1.29, 1.82) is 0 Å². The first kappa shape index (κ1) is 20.5. The van der Waals surface area contributed by atoms with Gasteiger partial charge in [-0.2, -0.15) is 0 Å². The molecule has 0 unspecified atom stereocenters. The van der Waals surface area contributed by atoms with Crippen LogP contribution in [0.5, 0.6) is 0 Å². The standard InChI is InChI=1S/C21H36N2O/c1-3-4-5-6-7-8-9-10-11-12-13-14-21(24)23-19-16-15-18(2)20(22)17-19/h15-17H,3-14,22H2,1-2H3,(H,23,24). The van der Waals surface area contributed by atoms with Crippen molar-refractivity contribution in [1.82, 2.24) is 0 Å². The first-order valence-corrected chi connectivity index (χ1v) is 9.79. The number of rotatable bonds is 13. The van der Waals surface area contributed by atoms with Crippen molar-refractivity contribution in [3.63, 3.8) is 0 Å². The van der Waals surface area contributed by atoms with E-state index in [1.807, 2.05) is 25.1 Å². The van der Waals surface area contributed by atoms with Gasteiger partial charge < -0.3 is 11.1 Å². The Balaban J connectivity index is 1.97. The van der Waals surface area contributed by atoms with E-state index in [2.05, 4.69) is 12.2 Å². The molecule has 0 aromatic heterocycles. The van der Waals surface area contributed by atoms with Crippen LogP contribution in [0.15, 0.2) is 18.2 Å². The zero-order chi connectivity index (χ0) is 17.6. The third-order valence-electron chi connectivity index (χ3n) is 4.57. The molecule has 0 radical (unpaired) electrons. The van der Waals surface area contributed by atoms with Crippen molar-refractivity contribution in [2.75, 3.05) is 11.1 Å². The van der Waals surface area contributed by atoms with Crippen LogP contribution < -0.4 is 11.1 Å². The Kier molecular flexibility index (Phi) is 11.0. The number of hydrogen-bond acceptors (Lipinski definition) is 2. The predicted molar refractivity (Wildman–Crippen MR) is 105 cm³/mol. The van der Waals surface area contributed by atoms with Gasteiger partial charge in [0.15, 0.2) is 0 Å². The lowest BCUT2D eigenvalue weighted by Gasteiger charge is -2.07. The summed E-state index contributed by atoms with van der Waals surface area (Å²) in [6.45, 7) is 4.22. The molecule has 1 amide bonds. The SMILES string of the molecule is CCCCCCCCCCCCCC(=O)Nc1ccc(C)c(N)c1. The molecular formula is C21H36N2O. The first-order valence-electron chi connectivity index (χ1n) is 9.79. The Labute approximate surface area is 148 Å². The summed E-state index contributed by atoms with van der Waals surface area (Å²) in [5.41, 5.74) is 8.42. The Morgan fingerprint density at radius 2 is 1.46 bits per heavy atom. The van der Waals surface area contributed by atoms with E-state index in [1.165, 1.54) is 57.8 Å². The number of amides is 1. The monoisotopic (exact) mass is 332 g/mol. The second-order valence-electron chi connectivity index (χ2n) is 6.91. The molecule has 24 heavy (non-hydrogen) atoms. The lowest BCUT2D eigenvalue weighted by Crippen LogP contribution is -2.11. The van der Waals surface area contributed by atoms with Crippen LogP contribution in [0.2, 0.25) is 0 Å². The highest BCUT2D eigenvalue weighted by molar-refractivity contribution is 5.91. The van der Waals surface area contributed by atoms with Crippen LogP contribution >= 0.6 is 0 Å². The molecular weight excluding hydrogens is 296 g/mol. The molecule has 0 fully saturated rings. The number of carbonyl (C=O) groups is 1. The van der Waals surface area contributed by atoms with Gasteiger partial charge in [0.2, 0.25) is 5.91 Å². The number of nitrogen functional groups attached to an aromatic ring is 1. The van der Waals surface area contributed by atoms with Gasteiger partial charge in [-0.15, -0.1) is 0 Å². The summed E-state index contributed by atoms with van der Waals surface area (Å²) in [4.78, 5) is 11.9. The fourth-order valence-electron chi connectivity index (χ4n) is 2.89. The minimum atomic E-state index is 0.0918. The molecule has 0 aliphatic heterocycles. The van der Waals surface area contributed by atoms with E-state index >= 15 is 0 Å². The van der Waals surface area contributed by atoms with Gasteiger partial charge in [-0.3, -0.25) is 4.79 Å². The number of nitrogens with two attached hydrogens (primary N) is 1. The molecule has 1 aromatic rings. The minimum absolute atomic E-state index is 0.0918. The summed E-state index contributed by atoms with van der Waals surface area (Å²) in [6, 6.07) is 5.67. The highest BCUT2D eigenvalue weighted by Gasteiger charge is 2.03. The maximum Gasteiger partial charge on any atom is 0.224 e. The number of nitrogens with one attached hydrogen (secondary N) is 1. The smallest absolute Gasteiger partial charge is 0.224 e. The summed E-state index contributed by atoms with van der Waals surface area (Å²) in [5, 5.41) is 2.93. The van der Waals surface area contributed by atoms with Gasteiger partial charge in [0.25, 0.3) is 0 Å². The van der Waals surface area contributed by atoms with Crippen LogP contribution in [0.4, 0.5) is 11.4 Å². The van der Waals surface area contributed by atoms with Gasteiger partial charge in [-0.1, -0.05) is 77.2 Å². The fraction of sp³-hybridized carbons (Fsp3) is 0.667. The van der Waals surface area contributed by atoms with Gasteiger partial charge >= 0.3 is 0 Å². The fourth-order valence-corrected chi connectivity index (χ4v) is 2.89. The second-order valence-corrected chi connectivity index (χ2v) is 6.91. The molecule has 0 saturated heterocycles. The van der Waals surface area contributed by atoms with Gasteiger partial charge in [-0.25, -0.2) is 0 Å². The Morgan fingerprint density at radius 3 is 2.00 bits per heavy atom. The molecule has 0 spiro atoms. The number of anilines is 2. The van der Waals surface area contributed by atoms with Crippen molar-refractivity contribution >= 4 is 17.3 Å². The summed E-state index contributed by atoms with van der Waals surface area (Å²) < 4.78 is 0. The van der Waals surface area contributed by atoms with Gasteiger partial charge in [0.1, 0.15) is 0 Å². The summed E-state index contributed by atoms with van der Waals surface area (Å²) in [5.74, 6) is 0.0918. The van der Waals surface area contributed by atoms with Crippen molar-refractivity contribution < 1.29 is 4.79 Å². The first-order chi connectivity index (χ1) is 11.6. The predicted octanol–water partition coefficient (Wildman–Crippen LogP) is 6.22. The van der Waals surface area contributed by atoms with E-state index in [9.17, 15) is 4.79 Å². The van der Waals surface area contributed by atoms with Crippen molar-refractivity contribution in [3.8, 4) is 0 Å². The molecule has 0 heterocycles. The number of aryl methyl sites for hydroxylation is 1. The molecule has 3 N–H and O–H groups in total. The molecule has 3 nitrogen and oxygen atoms in total. The molecule has 0 saturated carbocycles. The molecule has 0 bridgehead atoms. The van der Waals surface area contributed by atoms with Crippen LogP contribution in [-0.2, 0) is 4.79 Å². The van der Waals surface area contributed by atoms with E-state index in [0.29, 0.717) is 6.42 Å². The van der Waals surface area contributed by atoms with E-state index < -0.39 is 0 Å². The topological polar surface area (TPSA) is 55.1 Å². The summed E-state index contributed by atoms with van der Waals surface area (Å²) >= 11 is 0. The maximum atomic E-state index is 11.9. The average molecular weight is 333 g/mol. The van der Waals surface area contributed by atoms with Gasteiger partial charge in [-0.05, 0) is 31.0 Å². The van der Waals surface area contributed by atoms with Crippen molar-refractivity contribution in [2.45, 2.75) is 90.9 Å². The lowest BCUT2D eigenvalue weighted by molar-refractivity contribution is -0.116. The second kappa shape index (κ2) is 12.9. The highest BCUT2D eigenvalue weighted by atomic mass is 16.1. The van der Waals surface area contributed by atoms with Crippen LogP contribution in [-0.4, -0.2) is 5.91 Å². The summed E-state index contributed by atoms with van der Waals surface area (Å²) in [6.07, 6.45) is 14.9. The lowest BCUT2D eigenvalue weighted by atomic mass is 10.1. The Hall–Kier alpha value is -1.51. The Bertz CT molecular complexity index is 471. The van der Waals surface area contributed by atoms with Crippen LogP contribution in [0.3, 0.4) is 0 Å². The number of benzene rings is 1. The van der Waals surface area contributed by atoms with E-state index in [0.717, 1.165) is 29.8 Å². The summed E-state index contributed by atoms with van der Waals surface area (Å²) in [7, 11) is 0. The largest absolute Gasteiger partial charge is 0.398 e. The average Bonchev–Trinajstić information content (AvgIpc) is 2.56. The minimum Gasteiger partial charge on any atom is -0.398 e. The van der Waals surface area contributed by atoms with Crippen LogP contribution in [0, 0.1) is 6.92 Å². The van der Waals surface area contributed by atoms with Gasteiger partial charge in [0, 0.05) is 17.8 Å². The van der Waals surface area contributed by atoms with Crippen LogP contribution in [0.25, 0.3) is 0 Å². The molecule has 0 aliphatic carbocycles. The third-order valence-corrected chi connectivity index (χ3v) is 4.57. The number of unbranched alkanes of at least 4 members (excludes halogenated alkanes) is 10. The molecule has 3 heteroatoms. The zero-order valence-electron chi connectivity index (χ0n) is 15.7. The van der Waals surface area contributed by atoms with Crippen molar-refractivity contribution in [3.05, 3.63) is 23.8 Å². The number of carbonyl (C=O) groups excluding carboxylic acids is 1. The zero-order valence-corrected chi connectivity index (χ0v) is 15.7. The number of hydrogen-bond donors (Lipinski definition) is 2. The van der Waals surface area contributed by atoms with E-state index in [-0.39, 0.29) is 5.91 Å². The third kappa shape index (κ3) is 9.59.